The molecule has 1 aliphatic carbocycles. The molecule has 1 amide bonds. The number of nitrogens with zero attached hydrogens (tertiary/aromatic N) is 4. The van der Waals surface area contributed by atoms with Crippen molar-refractivity contribution >= 4 is 5.91 Å². The summed E-state index contributed by atoms with van der Waals surface area (Å²) in [7, 11) is 3.97. The van der Waals surface area contributed by atoms with Crippen molar-refractivity contribution in [3.8, 4) is 0 Å². The Hall–Kier alpha value is -1.69. The zero-order valence-corrected chi connectivity index (χ0v) is 22.8. The average molecular weight is 532 g/mol. The highest BCUT2D eigenvalue weighted by atomic mass is 19.4. The van der Waals surface area contributed by atoms with Crippen LogP contribution in [-0.4, -0.2) is 91.8 Å². The Morgan fingerprint density at radius 2 is 1.81 bits per heavy atom. The molecule has 0 saturated heterocycles. The zero-order valence-electron chi connectivity index (χ0n) is 22.8. The van der Waals surface area contributed by atoms with Crippen molar-refractivity contribution in [1.82, 2.24) is 24.9 Å². The van der Waals surface area contributed by atoms with Crippen LogP contribution >= 0.6 is 0 Å². The molecule has 1 aromatic heterocycles. The number of hydrogen-bond acceptors (Lipinski definition) is 6. The van der Waals surface area contributed by atoms with Gasteiger partial charge in [-0.1, -0.05) is 0 Å². The summed E-state index contributed by atoms with van der Waals surface area (Å²) in [5.74, 6) is -0.625. The number of halogens is 3. The first kappa shape index (κ1) is 29.9. The first-order chi connectivity index (χ1) is 17.6. The highest BCUT2D eigenvalue weighted by molar-refractivity contribution is 5.77. The topological polar surface area (TPSA) is 71.9 Å². The van der Waals surface area contributed by atoms with E-state index in [1.54, 1.807) is 0 Å². The van der Waals surface area contributed by atoms with Crippen LogP contribution in [-0.2, 0) is 33.9 Å². The second-order valence-corrected chi connectivity index (χ2v) is 10.5. The van der Waals surface area contributed by atoms with Crippen LogP contribution in [0.1, 0.15) is 68.8 Å². The minimum absolute atomic E-state index is 0.0196. The molecule has 0 atom stereocenters. The van der Waals surface area contributed by atoms with Crippen LogP contribution in [0, 0.1) is 5.41 Å². The van der Waals surface area contributed by atoms with Gasteiger partial charge in [0.15, 0.2) is 0 Å². The van der Waals surface area contributed by atoms with Gasteiger partial charge in [-0.2, -0.15) is 18.3 Å². The SMILES string of the molecule is CCOCC1(COCC)CCC(c2c(CN(C)CCNC)nn3c2CN(C(=O)CC(F)(F)F)CC3)CC1. The van der Waals surface area contributed by atoms with Gasteiger partial charge in [-0.15, -0.1) is 0 Å². The Kier molecular flexibility index (Phi) is 10.8. The Morgan fingerprint density at radius 3 is 2.38 bits per heavy atom. The molecule has 0 aromatic carbocycles. The van der Waals surface area contributed by atoms with Gasteiger partial charge in [-0.3, -0.25) is 14.4 Å². The Labute approximate surface area is 218 Å². The van der Waals surface area contributed by atoms with Crippen molar-refractivity contribution in [2.24, 2.45) is 5.41 Å². The summed E-state index contributed by atoms with van der Waals surface area (Å²) in [6.07, 6.45) is -2.16. The molecule has 8 nitrogen and oxygen atoms in total. The van der Waals surface area contributed by atoms with Crippen LogP contribution in [0.15, 0.2) is 0 Å². The van der Waals surface area contributed by atoms with E-state index in [-0.39, 0.29) is 24.4 Å². The van der Waals surface area contributed by atoms with Gasteiger partial charge in [0.1, 0.15) is 6.42 Å². The molecule has 37 heavy (non-hydrogen) atoms. The van der Waals surface area contributed by atoms with Gasteiger partial charge < -0.3 is 19.7 Å². The maximum Gasteiger partial charge on any atom is 0.397 e. The van der Waals surface area contributed by atoms with Crippen LogP contribution in [0.5, 0.6) is 0 Å². The number of amides is 1. The third kappa shape index (κ3) is 8.15. The van der Waals surface area contributed by atoms with Crippen molar-refractivity contribution in [2.45, 2.75) is 77.7 Å². The summed E-state index contributed by atoms with van der Waals surface area (Å²) in [5.41, 5.74) is 2.98. The molecule has 0 radical (unpaired) electrons. The highest BCUT2D eigenvalue weighted by Gasteiger charge is 2.40. The van der Waals surface area contributed by atoms with E-state index in [1.807, 2.05) is 25.6 Å². The lowest BCUT2D eigenvalue weighted by atomic mass is 9.69. The molecule has 1 fully saturated rings. The van der Waals surface area contributed by atoms with Crippen LogP contribution in [0.3, 0.4) is 0 Å². The molecule has 1 N–H and O–H groups in total. The van der Waals surface area contributed by atoms with Gasteiger partial charge in [0.2, 0.25) is 5.91 Å². The van der Waals surface area contributed by atoms with E-state index in [4.69, 9.17) is 14.6 Å². The highest BCUT2D eigenvalue weighted by Crippen LogP contribution is 2.46. The Morgan fingerprint density at radius 1 is 1.16 bits per heavy atom. The van der Waals surface area contributed by atoms with E-state index in [0.29, 0.717) is 39.5 Å². The Balaban J connectivity index is 1.84. The molecule has 3 rings (SSSR count). The number of ether oxygens (including phenoxy) is 2. The number of nitrogens with one attached hydrogen (secondary N) is 1. The predicted octanol–water partition coefficient (Wildman–Crippen LogP) is 3.55. The molecule has 0 spiro atoms. The van der Waals surface area contributed by atoms with E-state index in [9.17, 15) is 18.0 Å². The van der Waals surface area contributed by atoms with E-state index in [2.05, 4.69) is 17.3 Å². The third-order valence-corrected chi connectivity index (χ3v) is 7.64. The van der Waals surface area contributed by atoms with Crippen molar-refractivity contribution in [3.05, 3.63) is 17.0 Å². The van der Waals surface area contributed by atoms with Crippen LogP contribution in [0.2, 0.25) is 0 Å². The fraction of sp³-hybridized carbons (Fsp3) is 0.846. The van der Waals surface area contributed by atoms with Crippen LogP contribution < -0.4 is 5.32 Å². The summed E-state index contributed by atoms with van der Waals surface area (Å²) in [5, 5.41) is 8.09. The molecule has 1 aliphatic heterocycles. The molecule has 212 valence electrons. The summed E-state index contributed by atoms with van der Waals surface area (Å²) >= 11 is 0. The smallest absolute Gasteiger partial charge is 0.381 e. The standard InChI is InChI=1S/C26H44F3N5O3/c1-5-36-18-25(19-37-6-2)9-7-20(8-10-25)24-21(16-32(4)12-11-30-3)31-34-14-13-33(17-22(24)34)23(35)15-26(27,28)29/h20,30H,5-19H2,1-4H3. The minimum atomic E-state index is -4.51. The summed E-state index contributed by atoms with van der Waals surface area (Å²) in [4.78, 5) is 16.0. The van der Waals surface area contributed by atoms with Crippen molar-refractivity contribution in [2.75, 3.05) is 60.2 Å². The van der Waals surface area contributed by atoms with Gasteiger partial charge in [-0.05, 0) is 59.5 Å². The van der Waals surface area contributed by atoms with E-state index in [0.717, 1.165) is 55.7 Å². The molecule has 1 saturated carbocycles. The number of hydrogen-bond donors (Lipinski definition) is 1. The van der Waals surface area contributed by atoms with Gasteiger partial charge in [-0.25, -0.2) is 0 Å². The van der Waals surface area contributed by atoms with E-state index >= 15 is 0 Å². The average Bonchev–Trinajstić information content (AvgIpc) is 3.21. The molecule has 0 unspecified atom stereocenters. The second kappa shape index (κ2) is 13.4. The number of fused-ring (bicyclic) bond motifs is 1. The normalized spacial score (nSPS) is 18.4. The lowest BCUT2D eigenvalue weighted by molar-refractivity contribution is -0.162. The number of carbonyl (C=O) groups is 1. The number of carbonyl (C=O) groups excluding carboxylic acids is 1. The molecule has 2 heterocycles. The van der Waals surface area contributed by atoms with Gasteiger partial charge in [0.25, 0.3) is 0 Å². The maximum absolute atomic E-state index is 12.9. The largest absolute Gasteiger partial charge is 0.397 e. The summed E-state index contributed by atoms with van der Waals surface area (Å²) in [6.45, 7) is 9.87. The van der Waals surface area contributed by atoms with E-state index in [1.165, 1.54) is 4.90 Å². The molecule has 2 aliphatic rings. The maximum atomic E-state index is 12.9. The number of rotatable bonds is 13. The molecule has 1 aromatic rings. The van der Waals surface area contributed by atoms with Gasteiger partial charge >= 0.3 is 6.18 Å². The first-order valence-corrected chi connectivity index (χ1v) is 13.5. The van der Waals surface area contributed by atoms with Crippen LogP contribution in [0.4, 0.5) is 13.2 Å². The third-order valence-electron chi connectivity index (χ3n) is 7.64. The second-order valence-electron chi connectivity index (χ2n) is 10.5. The number of likely N-dealkylation sites (N-methyl/N-ethyl adjacent to an activating group) is 2. The lowest BCUT2D eigenvalue weighted by Gasteiger charge is -2.40. The predicted molar refractivity (Wildman–Crippen MR) is 135 cm³/mol. The summed E-state index contributed by atoms with van der Waals surface area (Å²) in [6, 6.07) is 0. The van der Waals surface area contributed by atoms with Crippen molar-refractivity contribution < 1.29 is 27.4 Å². The lowest BCUT2D eigenvalue weighted by Crippen LogP contribution is -2.41. The fourth-order valence-electron chi connectivity index (χ4n) is 5.60. The fourth-order valence-corrected chi connectivity index (χ4v) is 5.60. The monoisotopic (exact) mass is 531 g/mol. The number of aromatic nitrogens is 2. The first-order valence-electron chi connectivity index (χ1n) is 13.5. The van der Waals surface area contributed by atoms with Crippen LogP contribution in [0.25, 0.3) is 0 Å². The van der Waals surface area contributed by atoms with Gasteiger partial charge in [0.05, 0.1) is 37.7 Å². The molecule has 0 bridgehead atoms. The van der Waals surface area contributed by atoms with Crippen molar-refractivity contribution in [3.63, 3.8) is 0 Å². The zero-order chi connectivity index (χ0) is 27.1. The molecular weight excluding hydrogens is 487 g/mol. The minimum Gasteiger partial charge on any atom is -0.381 e. The van der Waals surface area contributed by atoms with Gasteiger partial charge in [0, 0.05) is 50.4 Å². The van der Waals surface area contributed by atoms with Crippen molar-refractivity contribution in [1.29, 1.82) is 0 Å². The van der Waals surface area contributed by atoms with E-state index < -0.39 is 18.5 Å². The molecule has 11 heteroatoms. The number of alkyl halides is 3. The Bertz CT molecular complexity index is 858. The molecular formula is C26H44F3N5O3. The summed E-state index contributed by atoms with van der Waals surface area (Å²) < 4.78 is 52.4. The quantitative estimate of drug-likeness (QED) is 0.420.